The van der Waals surface area contributed by atoms with Crippen LogP contribution in [0.5, 0.6) is 5.75 Å². The molecule has 4 rings (SSSR count). The first-order valence-electron chi connectivity index (χ1n) is 9.98. The lowest BCUT2D eigenvalue weighted by molar-refractivity contribution is -0.117. The second-order valence-corrected chi connectivity index (χ2v) is 7.42. The Hall–Kier alpha value is -3.93. The Morgan fingerprint density at radius 1 is 1.00 bits per heavy atom. The van der Waals surface area contributed by atoms with E-state index < -0.39 is 0 Å². The molecule has 1 amide bonds. The highest BCUT2D eigenvalue weighted by molar-refractivity contribution is 5.95. The van der Waals surface area contributed by atoms with Crippen molar-refractivity contribution in [2.75, 3.05) is 12.4 Å². The van der Waals surface area contributed by atoms with Gasteiger partial charge in [-0.05, 0) is 43.7 Å². The summed E-state index contributed by atoms with van der Waals surface area (Å²) in [7, 11) is 1.54. The van der Waals surface area contributed by atoms with E-state index in [1.165, 1.54) is 11.8 Å². The maximum atomic E-state index is 13.1. The van der Waals surface area contributed by atoms with Gasteiger partial charge in [0.2, 0.25) is 5.91 Å². The van der Waals surface area contributed by atoms with Gasteiger partial charge in [-0.3, -0.25) is 9.59 Å². The fraction of sp³-hybridized carbons (Fsp3) is 0.160. The zero-order valence-electron chi connectivity index (χ0n) is 17.7. The summed E-state index contributed by atoms with van der Waals surface area (Å²) in [6.07, 6.45) is 0. The van der Waals surface area contributed by atoms with Gasteiger partial charge in [-0.15, -0.1) is 0 Å². The molecule has 0 atom stereocenters. The van der Waals surface area contributed by atoms with Crippen molar-refractivity contribution in [3.05, 3.63) is 88.2 Å². The first kappa shape index (κ1) is 20.3. The number of para-hydroxylation sites is 2. The monoisotopic (exact) mass is 413 g/mol. The highest BCUT2D eigenvalue weighted by atomic mass is 16.5. The van der Waals surface area contributed by atoms with Crippen LogP contribution in [-0.2, 0) is 11.3 Å². The van der Waals surface area contributed by atoms with Crippen molar-refractivity contribution in [3.8, 4) is 17.0 Å². The Balaban J connectivity index is 1.78. The minimum Gasteiger partial charge on any atom is -0.495 e. The summed E-state index contributed by atoms with van der Waals surface area (Å²) >= 11 is 0. The van der Waals surface area contributed by atoms with E-state index in [0.29, 0.717) is 22.5 Å². The predicted molar refractivity (Wildman–Crippen MR) is 123 cm³/mol. The number of nitrogens with zero attached hydrogens (tertiary/aromatic N) is 2. The van der Waals surface area contributed by atoms with Crippen LogP contribution < -0.4 is 15.6 Å². The van der Waals surface area contributed by atoms with E-state index in [1.54, 1.807) is 24.3 Å². The summed E-state index contributed by atoms with van der Waals surface area (Å²) in [6, 6.07) is 20.6. The van der Waals surface area contributed by atoms with E-state index in [1.807, 2.05) is 56.3 Å². The van der Waals surface area contributed by atoms with Gasteiger partial charge in [-0.2, -0.15) is 5.10 Å². The fourth-order valence-corrected chi connectivity index (χ4v) is 3.61. The Bertz CT molecular complexity index is 1340. The van der Waals surface area contributed by atoms with Crippen molar-refractivity contribution in [3.63, 3.8) is 0 Å². The van der Waals surface area contributed by atoms with Crippen LogP contribution in [0.3, 0.4) is 0 Å². The van der Waals surface area contributed by atoms with Gasteiger partial charge < -0.3 is 10.1 Å². The standard InChI is InChI=1S/C25H23N3O3/c1-16-12-13-17(2)20(14-16)24-18-8-4-5-9-19(18)25(30)28(27-24)15-23(29)26-21-10-6-7-11-22(21)31-3/h4-14H,15H2,1-3H3,(H,26,29). The molecule has 0 saturated heterocycles. The zero-order chi connectivity index (χ0) is 22.0. The molecule has 0 bridgehead atoms. The Kier molecular flexibility index (Phi) is 5.54. The number of rotatable bonds is 5. The largest absolute Gasteiger partial charge is 0.495 e. The van der Waals surface area contributed by atoms with Crippen LogP contribution in [0.4, 0.5) is 5.69 Å². The number of fused-ring (bicyclic) bond motifs is 1. The van der Waals surface area contributed by atoms with Gasteiger partial charge in [0, 0.05) is 10.9 Å². The highest BCUT2D eigenvalue weighted by Crippen LogP contribution is 2.28. The second-order valence-electron chi connectivity index (χ2n) is 7.42. The lowest BCUT2D eigenvalue weighted by Gasteiger charge is -2.14. The molecule has 156 valence electrons. The van der Waals surface area contributed by atoms with Crippen LogP contribution in [0.25, 0.3) is 22.0 Å². The molecule has 0 fully saturated rings. The zero-order valence-corrected chi connectivity index (χ0v) is 17.7. The number of methoxy groups -OCH3 is 1. The van der Waals surface area contributed by atoms with E-state index in [4.69, 9.17) is 4.74 Å². The number of aromatic nitrogens is 2. The number of carbonyl (C=O) groups excluding carboxylic acids is 1. The van der Waals surface area contributed by atoms with Gasteiger partial charge in [0.05, 0.1) is 23.9 Å². The molecule has 6 heteroatoms. The van der Waals surface area contributed by atoms with Crippen LogP contribution in [0.2, 0.25) is 0 Å². The average Bonchev–Trinajstić information content (AvgIpc) is 2.78. The molecule has 0 aliphatic heterocycles. The number of amides is 1. The van der Waals surface area contributed by atoms with Gasteiger partial charge in [0.25, 0.3) is 5.56 Å². The summed E-state index contributed by atoms with van der Waals surface area (Å²) in [4.78, 5) is 25.8. The quantitative estimate of drug-likeness (QED) is 0.529. The Morgan fingerprint density at radius 3 is 2.48 bits per heavy atom. The summed E-state index contributed by atoms with van der Waals surface area (Å²) in [5, 5.41) is 8.70. The maximum Gasteiger partial charge on any atom is 0.275 e. The van der Waals surface area contributed by atoms with E-state index in [9.17, 15) is 9.59 Å². The SMILES string of the molecule is COc1ccccc1NC(=O)Cn1nc(-c2cc(C)ccc2C)c2ccccc2c1=O. The fourth-order valence-electron chi connectivity index (χ4n) is 3.61. The molecule has 0 saturated carbocycles. The number of ether oxygens (including phenoxy) is 1. The van der Waals surface area contributed by atoms with E-state index >= 15 is 0 Å². The van der Waals surface area contributed by atoms with Crippen molar-refractivity contribution in [2.45, 2.75) is 20.4 Å². The van der Waals surface area contributed by atoms with E-state index in [2.05, 4.69) is 10.4 Å². The van der Waals surface area contributed by atoms with Crippen molar-refractivity contribution in [1.29, 1.82) is 0 Å². The molecule has 31 heavy (non-hydrogen) atoms. The van der Waals surface area contributed by atoms with Crippen LogP contribution in [0.15, 0.2) is 71.5 Å². The van der Waals surface area contributed by atoms with Crippen molar-refractivity contribution < 1.29 is 9.53 Å². The number of nitrogens with one attached hydrogen (secondary N) is 1. The topological polar surface area (TPSA) is 73.2 Å². The number of aryl methyl sites for hydroxylation is 2. The molecule has 0 unspecified atom stereocenters. The molecule has 1 heterocycles. The van der Waals surface area contributed by atoms with Gasteiger partial charge >= 0.3 is 0 Å². The molecule has 1 N–H and O–H groups in total. The summed E-state index contributed by atoms with van der Waals surface area (Å²) in [5.74, 6) is 0.187. The first-order chi connectivity index (χ1) is 15.0. The molecule has 0 radical (unpaired) electrons. The normalized spacial score (nSPS) is 10.8. The first-order valence-corrected chi connectivity index (χ1v) is 9.98. The van der Waals surface area contributed by atoms with Crippen LogP contribution in [0.1, 0.15) is 11.1 Å². The number of hydrogen-bond donors (Lipinski definition) is 1. The highest BCUT2D eigenvalue weighted by Gasteiger charge is 2.16. The minimum atomic E-state index is -0.360. The van der Waals surface area contributed by atoms with Gasteiger partial charge in [0.1, 0.15) is 12.3 Å². The Morgan fingerprint density at radius 2 is 1.71 bits per heavy atom. The molecule has 0 aliphatic carbocycles. The van der Waals surface area contributed by atoms with Crippen molar-refractivity contribution in [1.82, 2.24) is 9.78 Å². The number of benzene rings is 3. The molecular weight excluding hydrogens is 390 g/mol. The van der Waals surface area contributed by atoms with Crippen molar-refractivity contribution >= 4 is 22.4 Å². The summed E-state index contributed by atoms with van der Waals surface area (Å²) < 4.78 is 6.51. The number of hydrogen-bond acceptors (Lipinski definition) is 4. The van der Waals surface area contributed by atoms with Gasteiger partial charge in [-0.25, -0.2) is 4.68 Å². The lowest BCUT2D eigenvalue weighted by atomic mass is 9.99. The maximum absolute atomic E-state index is 13.1. The molecule has 1 aromatic heterocycles. The van der Waals surface area contributed by atoms with Crippen LogP contribution in [0, 0.1) is 13.8 Å². The van der Waals surface area contributed by atoms with Crippen LogP contribution >= 0.6 is 0 Å². The molecule has 4 aromatic rings. The lowest BCUT2D eigenvalue weighted by Crippen LogP contribution is -2.30. The molecule has 0 spiro atoms. The van der Waals surface area contributed by atoms with Crippen molar-refractivity contribution in [2.24, 2.45) is 0 Å². The smallest absolute Gasteiger partial charge is 0.275 e. The predicted octanol–water partition coefficient (Wildman–Crippen LogP) is 4.33. The molecule has 0 aliphatic rings. The third kappa shape index (κ3) is 4.05. The summed E-state index contributed by atoms with van der Waals surface area (Å²) in [5.41, 5.74) is 4.00. The van der Waals surface area contributed by atoms with E-state index in [0.717, 1.165) is 22.1 Å². The van der Waals surface area contributed by atoms with E-state index in [-0.39, 0.29) is 18.0 Å². The minimum absolute atomic E-state index is 0.209. The molecule has 6 nitrogen and oxygen atoms in total. The third-order valence-electron chi connectivity index (χ3n) is 5.19. The molecular formula is C25H23N3O3. The van der Waals surface area contributed by atoms with Crippen LogP contribution in [-0.4, -0.2) is 22.8 Å². The second kappa shape index (κ2) is 8.44. The summed E-state index contributed by atoms with van der Waals surface area (Å²) in [6.45, 7) is 3.82. The Labute approximate surface area is 180 Å². The number of carbonyl (C=O) groups is 1. The third-order valence-corrected chi connectivity index (χ3v) is 5.19. The van der Waals surface area contributed by atoms with Gasteiger partial charge in [0.15, 0.2) is 0 Å². The number of anilines is 1. The average molecular weight is 413 g/mol. The molecule has 3 aromatic carbocycles. The van der Waals surface area contributed by atoms with Gasteiger partial charge in [-0.1, -0.05) is 48.0 Å².